The van der Waals surface area contributed by atoms with Gasteiger partial charge in [-0.3, -0.25) is 5.43 Å². The predicted octanol–water partition coefficient (Wildman–Crippen LogP) is 2.60. The average molecular weight is 293 g/mol. The van der Waals surface area contributed by atoms with Gasteiger partial charge in [0.25, 0.3) is 0 Å². The number of methoxy groups -OCH3 is 1. The molecule has 0 saturated heterocycles. The van der Waals surface area contributed by atoms with Crippen molar-refractivity contribution in [1.29, 1.82) is 0 Å². The van der Waals surface area contributed by atoms with E-state index in [1.165, 1.54) is 13.3 Å². The molecule has 1 aromatic heterocycles. The molecule has 1 heterocycles. The van der Waals surface area contributed by atoms with Crippen molar-refractivity contribution in [3.05, 3.63) is 40.8 Å². The Kier molecular flexibility index (Phi) is 4.37. The summed E-state index contributed by atoms with van der Waals surface area (Å²) in [5.74, 6) is 1.42. The SMILES string of the molecule is COc1cccc(/C=N/Nc2cc(Cl)nc(C)n2)c1O. The van der Waals surface area contributed by atoms with E-state index in [1.54, 1.807) is 31.2 Å². The number of aromatic hydroxyl groups is 1. The zero-order valence-electron chi connectivity index (χ0n) is 11.0. The van der Waals surface area contributed by atoms with E-state index in [1.807, 2.05) is 0 Å². The highest BCUT2D eigenvalue weighted by Crippen LogP contribution is 2.27. The highest BCUT2D eigenvalue weighted by atomic mass is 35.5. The number of phenolic OH excluding ortho intramolecular Hbond substituents is 1. The number of benzene rings is 1. The number of aryl methyl sites for hydroxylation is 1. The van der Waals surface area contributed by atoms with E-state index < -0.39 is 0 Å². The summed E-state index contributed by atoms with van der Waals surface area (Å²) < 4.78 is 5.01. The summed E-state index contributed by atoms with van der Waals surface area (Å²) in [5.41, 5.74) is 3.24. The van der Waals surface area contributed by atoms with Gasteiger partial charge in [-0.15, -0.1) is 0 Å². The zero-order valence-corrected chi connectivity index (χ0v) is 11.7. The van der Waals surface area contributed by atoms with Crippen LogP contribution in [0.3, 0.4) is 0 Å². The average Bonchev–Trinajstić information content (AvgIpc) is 2.39. The molecule has 0 aliphatic heterocycles. The molecule has 0 atom stereocenters. The lowest BCUT2D eigenvalue weighted by atomic mass is 10.2. The summed E-state index contributed by atoms with van der Waals surface area (Å²) in [7, 11) is 1.49. The lowest BCUT2D eigenvalue weighted by molar-refractivity contribution is 0.373. The predicted molar refractivity (Wildman–Crippen MR) is 77.7 cm³/mol. The first kappa shape index (κ1) is 14.1. The van der Waals surface area contributed by atoms with Gasteiger partial charge >= 0.3 is 0 Å². The normalized spacial score (nSPS) is 10.8. The van der Waals surface area contributed by atoms with Gasteiger partial charge in [0.1, 0.15) is 11.0 Å². The third-order valence-electron chi connectivity index (χ3n) is 2.44. The molecule has 2 N–H and O–H groups in total. The third kappa shape index (κ3) is 3.36. The minimum absolute atomic E-state index is 0.0254. The first-order valence-corrected chi connectivity index (χ1v) is 6.14. The van der Waals surface area contributed by atoms with Crippen molar-refractivity contribution in [1.82, 2.24) is 9.97 Å². The molecule has 0 radical (unpaired) electrons. The van der Waals surface area contributed by atoms with Crippen molar-refractivity contribution in [2.24, 2.45) is 5.10 Å². The maximum atomic E-state index is 9.88. The standard InChI is InChI=1S/C13H13ClN4O2/c1-8-16-11(14)6-12(17-8)18-15-7-9-4-3-5-10(20-2)13(9)19/h3-7,19H,1-2H3,(H,16,17,18)/b15-7+. The van der Waals surface area contributed by atoms with E-state index in [0.29, 0.717) is 28.1 Å². The maximum absolute atomic E-state index is 9.88. The molecule has 0 aliphatic rings. The highest BCUT2D eigenvalue weighted by Gasteiger charge is 2.04. The number of hydrogen-bond acceptors (Lipinski definition) is 6. The smallest absolute Gasteiger partial charge is 0.166 e. The first-order valence-electron chi connectivity index (χ1n) is 5.76. The van der Waals surface area contributed by atoms with Crippen LogP contribution in [0.5, 0.6) is 11.5 Å². The van der Waals surface area contributed by atoms with Gasteiger partial charge in [0.05, 0.1) is 13.3 Å². The Morgan fingerprint density at radius 2 is 2.20 bits per heavy atom. The number of ether oxygens (including phenoxy) is 1. The van der Waals surface area contributed by atoms with Gasteiger partial charge < -0.3 is 9.84 Å². The molecule has 6 nitrogen and oxygen atoms in total. The number of nitrogens with zero attached hydrogens (tertiary/aromatic N) is 3. The fraction of sp³-hybridized carbons (Fsp3) is 0.154. The van der Waals surface area contributed by atoms with Crippen LogP contribution in [0.15, 0.2) is 29.4 Å². The lowest BCUT2D eigenvalue weighted by Gasteiger charge is -2.05. The van der Waals surface area contributed by atoms with Crippen molar-refractivity contribution in [2.75, 3.05) is 12.5 Å². The molecule has 0 fully saturated rings. The number of phenols is 1. The quantitative estimate of drug-likeness (QED) is 0.514. The molecule has 0 bridgehead atoms. The Bertz CT molecular complexity index is 626. The van der Waals surface area contributed by atoms with Gasteiger partial charge in [0, 0.05) is 11.6 Å². The van der Waals surface area contributed by atoms with Gasteiger partial charge in [0.2, 0.25) is 0 Å². The number of hydrogen-bond donors (Lipinski definition) is 2. The van der Waals surface area contributed by atoms with Crippen molar-refractivity contribution in [2.45, 2.75) is 6.92 Å². The summed E-state index contributed by atoms with van der Waals surface area (Å²) in [5, 5.41) is 14.2. The number of nitrogens with one attached hydrogen (secondary N) is 1. The largest absolute Gasteiger partial charge is 0.504 e. The number of halogens is 1. The lowest BCUT2D eigenvalue weighted by Crippen LogP contribution is -1.97. The van der Waals surface area contributed by atoms with Crippen LogP contribution >= 0.6 is 11.6 Å². The Balaban J connectivity index is 2.14. The molecule has 20 heavy (non-hydrogen) atoms. The molecule has 2 aromatic rings. The molecule has 7 heteroatoms. The molecule has 0 aliphatic carbocycles. The molecule has 1 aromatic carbocycles. The van der Waals surface area contributed by atoms with Crippen LogP contribution in [0.25, 0.3) is 0 Å². The Morgan fingerprint density at radius 1 is 1.40 bits per heavy atom. The van der Waals surface area contributed by atoms with E-state index in [4.69, 9.17) is 16.3 Å². The van der Waals surface area contributed by atoms with Crippen LogP contribution in [0.4, 0.5) is 5.82 Å². The van der Waals surface area contributed by atoms with Crippen LogP contribution in [0.2, 0.25) is 5.15 Å². The summed E-state index contributed by atoms with van der Waals surface area (Å²) >= 11 is 5.81. The number of hydrazone groups is 1. The van der Waals surface area contributed by atoms with E-state index in [-0.39, 0.29) is 5.75 Å². The fourth-order valence-corrected chi connectivity index (χ4v) is 1.79. The summed E-state index contributed by atoms with van der Waals surface area (Å²) in [6.07, 6.45) is 1.46. The number of rotatable bonds is 4. The first-order chi connectivity index (χ1) is 9.60. The molecule has 0 unspecified atom stereocenters. The topological polar surface area (TPSA) is 79.6 Å². The summed E-state index contributed by atoms with van der Waals surface area (Å²) in [6, 6.07) is 6.68. The van der Waals surface area contributed by atoms with Crippen LogP contribution < -0.4 is 10.2 Å². The van der Waals surface area contributed by atoms with Gasteiger partial charge in [0.15, 0.2) is 17.3 Å². The molecular weight excluding hydrogens is 280 g/mol. The second-order valence-electron chi connectivity index (χ2n) is 3.89. The van der Waals surface area contributed by atoms with E-state index in [2.05, 4.69) is 20.5 Å². The molecule has 0 spiro atoms. The van der Waals surface area contributed by atoms with Crippen molar-refractivity contribution >= 4 is 23.6 Å². The number of para-hydroxylation sites is 1. The molecule has 0 amide bonds. The van der Waals surface area contributed by atoms with Crippen LogP contribution in [-0.4, -0.2) is 28.4 Å². The van der Waals surface area contributed by atoms with E-state index in [9.17, 15) is 5.11 Å². The summed E-state index contributed by atoms with van der Waals surface area (Å²) in [4.78, 5) is 8.06. The number of aromatic nitrogens is 2. The van der Waals surface area contributed by atoms with E-state index >= 15 is 0 Å². The number of anilines is 1. The van der Waals surface area contributed by atoms with Crippen molar-refractivity contribution in [3.63, 3.8) is 0 Å². The minimum atomic E-state index is 0.0254. The van der Waals surface area contributed by atoms with Crippen LogP contribution in [0, 0.1) is 6.92 Å². The molecular formula is C13H13ClN4O2. The molecule has 104 valence electrons. The van der Waals surface area contributed by atoms with Crippen molar-refractivity contribution < 1.29 is 9.84 Å². The second-order valence-corrected chi connectivity index (χ2v) is 4.28. The Morgan fingerprint density at radius 3 is 2.90 bits per heavy atom. The Hall–Kier alpha value is -2.34. The summed E-state index contributed by atoms with van der Waals surface area (Å²) in [6.45, 7) is 1.73. The Labute approximate surface area is 121 Å². The monoisotopic (exact) mass is 292 g/mol. The van der Waals surface area contributed by atoms with Gasteiger partial charge in [-0.1, -0.05) is 17.7 Å². The third-order valence-corrected chi connectivity index (χ3v) is 2.63. The highest BCUT2D eigenvalue weighted by molar-refractivity contribution is 6.29. The van der Waals surface area contributed by atoms with E-state index in [0.717, 1.165) is 0 Å². The van der Waals surface area contributed by atoms with Gasteiger partial charge in [-0.25, -0.2) is 9.97 Å². The van der Waals surface area contributed by atoms with Gasteiger partial charge in [-0.2, -0.15) is 5.10 Å². The molecule has 0 saturated carbocycles. The minimum Gasteiger partial charge on any atom is -0.504 e. The maximum Gasteiger partial charge on any atom is 0.166 e. The van der Waals surface area contributed by atoms with Crippen molar-refractivity contribution in [3.8, 4) is 11.5 Å². The zero-order chi connectivity index (χ0) is 14.5. The van der Waals surface area contributed by atoms with Gasteiger partial charge in [-0.05, 0) is 19.1 Å². The second kappa shape index (κ2) is 6.21. The van der Waals surface area contributed by atoms with Crippen LogP contribution in [0.1, 0.15) is 11.4 Å². The molecule has 2 rings (SSSR count). The van der Waals surface area contributed by atoms with Crippen LogP contribution in [-0.2, 0) is 0 Å². The fourth-order valence-electron chi connectivity index (χ4n) is 1.56.